The fraction of sp³-hybridized carbons (Fsp3) is 0.500. The molecule has 170 valence electrons. The number of piperazine rings is 1. The molecule has 10 heteroatoms. The third kappa shape index (κ3) is 4.04. The summed E-state index contributed by atoms with van der Waals surface area (Å²) in [5, 5.41) is 2.60. The van der Waals surface area contributed by atoms with E-state index in [0.29, 0.717) is 5.82 Å². The van der Waals surface area contributed by atoms with Crippen LogP contribution in [0.2, 0.25) is 0 Å². The Balaban J connectivity index is 1.34. The molecule has 3 aliphatic rings. The van der Waals surface area contributed by atoms with Crippen LogP contribution < -0.4 is 14.9 Å². The number of benzene rings is 1. The van der Waals surface area contributed by atoms with Gasteiger partial charge in [0.25, 0.3) is 10.0 Å². The van der Waals surface area contributed by atoms with Gasteiger partial charge >= 0.3 is 6.03 Å². The molecule has 2 aliphatic carbocycles. The zero-order valence-electron chi connectivity index (χ0n) is 18.2. The van der Waals surface area contributed by atoms with Gasteiger partial charge in [0, 0.05) is 31.9 Å². The van der Waals surface area contributed by atoms with Crippen molar-refractivity contribution >= 4 is 27.6 Å². The molecule has 1 saturated heterocycles. The SMILES string of the molecule is CN1CCN(c2cncc(S(=O)(=O)NC(=O)Nc3c4c(cc5c3CCC5)CCC4)n2)CC1. The minimum Gasteiger partial charge on any atom is -0.353 e. The molecule has 0 spiro atoms. The molecule has 32 heavy (non-hydrogen) atoms. The highest BCUT2D eigenvalue weighted by Crippen LogP contribution is 2.38. The lowest BCUT2D eigenvalue weighted by Gasteiger charge is -2.33. The maximum absolute atomic E-state index is 12.9. The number of sulfonamides is 1. The van der Waals surface area contributed by atoms with Crippen LogP contribution in [0.3, 0.4) is 0 Å². The van der Waals surface area contributed by atoms with E-state index in [1.807, 2.05) is 11.9 Å². The number of hydrogen-bond donors (Lipinski definition) is 2. The quantitative estimate of drug-likeness (QED) is 0.721. The normalized spacial score (nSPS) is 18.3. The summed E-state index contributed by atoms with van der Waals surface area (Å²) in [6.45, 7) is 3.22. The van der Waals surface area contributed by atoms with Gasteiger partial charge in [0.1, 0.15) is 5.82 Å². The number of carbonyl (C=O) groups excluding carboxylic acids is 1. The number of amides is 2. The van der Waals surface area contributed by atoms with Gasteiger partial charge in [0.15, 0.2) is 5.03 Å². The van der Waals surface area contributed by atoms with E-state index >= 15 is 0 Å². The first-order valence-electron chi connectivity index (χ1n) is 11.2. The van der Waals surface area contributed by atoms with Gasteiger partial charge in [-0.3, -0.25) is 4.98 Å². The highest BCUT2D eigenvalue weighted by atomic mass is 32.2. The summed E-state index contributed by atoms with van der Waals surface area (Å²) in [6, 6.07) is 1.51. The van der Waals surface area contributed by atoms with E-state index in [2.05, 4.69) is 31.0 Å². The van der Waals surface area contributed by atoms with Crippen molar-refractivity contribution in [3.05, 3.63) is 40.7 Å². The van der Waals surface area contributed by atoms with E-state index < -0.39 is 16.1 Å². The molecule has 1 aromatic carbocycles. The Labute approximate surface area is 188 Å². The Morgan fingerprint density at radius 3 is 2.28 bits per heavy atom. The Kier molecular flexibility index (Phi) is 5.50. The van der Waals surface area contributed by atoms with Crippen molar-refractivity contribution in [1.29, 1.82) is 0 Å². The number of aromatic nitrogens is 2. The number of fused-ring (bicyclic) bond motifs is 2. The van der Waals surface area contributed by atoms with Crippen LogP contribution in [0.15, 0.2) is 23.5 Å². The van der Waals surface area contributed by atoms with Crippen LogP contribution in [0.1, 0.15) is 35.1 Å². The topological polar surface area (TPSA) is 108 Å². The average molecular weight is 457 g/mol. The molecule has 1 aliphatic heterocycles. The zero-order chi connectivity index (χ0) is 22.3. The van der Waals surface area contributed by atoms with Crippen LogP contribution in [0.4, 0.5) is 16.3 Å². The molecule has 1 fully saturated rings. The van der Waals surface area contributed by atoms with Crippen LogP contribution in [-0.4, -0.2) is 62.5 Å². The summed E-state index contributed by atoms with van der Waals surface area (Å²) in [7, 11) is -2.11. The van der Waals surface area contributed by atoms with Crippen molar-refractivity contribution in [2.75, 3.05) is 43.4 Å². The lowest BCUT2D eigenvalue weighted by Crippen LogP contribution is -2.45. The van der Waals surface area contributed by atoms with Crippen LogP contribution in [0.5, 0.6) is 0 Å². The van der Waals surface area contributed by atoms with E-state index in [-0.39, 0.29) is 5.03 Å². The molecule has 2 N–H and O–H groups in total. The molecule has 9 nitrogen and oxygen atoms in total. The highest BCUT2D eigenvalue weighted by Gasteiger charge is 2.27. The lowest BCUT2D eigenvalue weighted by molar-refractivity contribution is 0.256. The number of carbonyl (C=O) groups is 1. The van der Waals surface area contributed by atoms with Crippen molar-refractivity contribution < 1.29 is 13.2 Å². The van der Waals surface area contributed by atoms with Gasteiger partial charge in [-0.25, -0.2) is 14.5 Å². The molecule has 2 aromatic rings. The van der Waals surface area contributed by atoms with E-state index in [0.717, 1.165) is 81.5 Å². The first-order chi connectivity index (χ1) is 15.4. The van der Waals surface area contributed by atoms with Gasteiger partial charge in [-0.15, -0.1) is 0 Å². The largest absolute Gasteiger partial charge is 0.353 e. The molecule has 0 atom stereocenters. The van der Waals surface area contributed by atoms with Gasteiger partial charge in [0.2, 0.25) is 0 Å². The average Bonchev–Trinajstić information content (AvgIpc) is 3.43. The number of likely N-dealkylation sites (N-methyl/N-ethyl adjacent to an activating group) is 1. The zero-order valence-corrected chi connectivity index (χ0v) is 19.0. The highest BCUT2D eigenvalue weighted by molar-refractivity contribution is 7.90. The molecule has 2 heterocycles. The maximum atomic E-state index is 12.9. The Bertz CT molecular complexity index is 1130. The summed E-state index contributed by atoms with van der Waals surface area (Å²) in [6.07, 6.45) is 8.67. The first kappa shape index (κ1) is 21.1. The molecule has 5 rings (SSSR count). The molecular weight excluding hydrogens is 428 g/mol. The van der Waals surface area contributed by atoms with Crippen LogP contribution in [0.25, 0.3) is 0 Å². The van der Waals surface area contributed by atoms with E-state index in [9.17, 15) is 13.2 Å². The number of rotatable bonds is 4. The second-order valence-electron chi connectivity index (χ2n) is 8.80. The predicted octanol–water partition coefficient (Wildman–Crippen LogP) is 1.72. The number of anilines is 2. The van der Waals surface area contributed by atoms with Crippen LogP contribution >= 0.6 is 0 Å². The smallest absolute Gasteiger partial charge is 0.333 e. The summed E-state index contributed by atoms with van der Waals surface area (Å²) in [4.78, 5) is 25.3. The summed E-state index contributed by atoms with van der Waals surface area (Å²) >= 11 is 0. The second kappa shape index (κ2) is 8.32. The third-order valence-electron chi connectivity index (χ3n) is 6.64. The van der Waals surface area contributed by atoms with Crippen molar-refractivity contribution in [3.63, 3.8) is 0 Å². The van der Waals surface area contributed by atoms with Gasteiger partial charge in [-0.05, 0) is 67.8 Å². The fourth-order valence-corrected chi connectivity index (χ4v) is 5.75. The van der Waals surface area contributed by atoms with Gasteiger partial charge in [0.05, 0.1) is 12.4 Å². The Morgan fingerprint density at radius 2 is 1.62 bits per heavy atom. The van der Waals surface area contributed by atoms with Crippen molar-refractivity contribution in [1.82, 2.24) is 19.6 Å². The predicted molar refractivity (Wildman–Crippen MR) is 122 cm³/mol. The Morgan fingerprint density at radius 1 is 0.969 bits per heavy atom. The summed E-state index contributed by atoms with van der Waals surface area (Å²) < 4.78 is 27.9. The first-order valence-corrected chi connectivity index (χ1v) is 12.6. The number of nitrogens with zero attached hydrogens (tertiary/aromatic N) is 4. The van der Waals surface area contributed by atoms with Crippen molar-refractivity contribution in [2.24, 2.45) is 0 Å². The molecule has 0 radical (unpaired) electrons. The third-order valence-corrected chi connectivity index (χ3v) is 7.84. The monoisotopic (exact) mass is 456 g/mol. The minimum absolute atomic E-state index is 0.257. The fourth-order valence-electron chi connectivity index (χ4n) is 4.94. The minimum atomic E-state index is -4.15. The number of hydrogen-bond acceptors (Lipinski definition) is 7. The van der Waals surface area contributed by atoms with Crippen LogP contribution in [-0.2, 0) is 35.7 Å². The number of urea groups is 1. The van der Waals surface area contributed by atoms with Crippen molar-refractivity contribution in [2.45, 2.75) is 43.6 Å². The van der Waals surface area contributed by atoms with Gasteiger partial charge in [-0.1, -0.05) is 6.07 Å². The summed E-state index contributed by atoms with van der Waals surface area (Å²) in [5.74, 6) is 0.500. The molecular formula is C22H28N6O3S. The molecule has 1 aromatic heterocycles. The van der Waals surface area contributed by atoms with Gasteiger partial charge in [-0.2, -0.15) is 8.42 Å². The van der Waals surface area contributed by atoms with E-state index in [4.69, 9.17) is 0 Å². The van der Waals surface area contributed by atoms with Gasteiger partial charge < -0.3 is 15.1 Å². The van der Waals surface area contributed by atoms with E-state index in [1.54, 1.807) is 6.20 Å². The standard InChI is InChI=1S/C22H28N6O3S/c1-27-8-10-28(11-9-27)19-13-23-14-20(24-19)32(30,31)26-22(29)25-21-17-6-2-4-15(17)12-16-5-3-7-18(16)21/h12-14H,2-11H2,1H3,(H2,25,26,29). The molecule has 0 bridgehead atoms. The molecule has 2 amide bonds. The number of nitrogens with one attached hydrogen (secondary N) is 2. The van der Waals surface area contributed by atoms with E-state index in [1.165, 1.54) is 17.3 Å². The summed E-state index contributed by atoms with van der Waals surface area (Å²) in [5.41, 5.74) is 5.65. The molecule has 0 unspecified atom stereocenters. The lowest BCUT2D eigenvalue weighted by atomic mass is 9.99. The van der Waals surface area contributed by atoms with Crippen LogP contribution in [0, 0.1) is 0 Å². The number of aryl methyl sites for hydroxylation is 2. The maximum Gasteiger partial charge on any atom is 0.333 e. The second-order valence-corrected chi connectivity index (χ2v) is 10.4. The Hall–Kier alpha value is -2.72. The van der Waals surface area contributed by atoms with Crippen molar-refractivity contribution in [3.8, 4) is 0 Å². The molecule has 0 saturated carbocycles.